The number of carbonyl (C=O) groups is 1. The molecule has 1 saturated heterocycles. The standard InChI is InChI=1S/C12H17N3O/c13-9-4-3-7-15(8-9)11-6-2-1-5-10(11)12(14)16/h1-2,5-6,9H,3-4,7-8,13H2,(H2,14,16). The van der Waals surface area contributed by atoms with Crippen LogP contribution in [0.1, 0.15) is 23.2 Å². The SMILES string of the molecule is NC(=O)c1ccccc1N1CCCC(N)C1. The molecule has 1 aromatic rings. The first kappa shape index (κ1) is 11.0. The molecule has 1 heterocycles. The van der Waals surface area contributed by atoms with Crippen LogP contribution in [0.3, 0.4) is 0 Å². The maximum Gasteiger partial charge on any atom is 0.250 e. The summed E-state index contributed by atoms with van der Waals surface area (Å²) in [7, 11) is 0. The second-order valence-corrected chi connectivity index (χ2v) is 4.23. The molecular formula is C12H17N3O. The minimum atomic E-state index is -0.380. The van der Waals surface area contributed by atoms with Gasteiger partial charge in [-0.15, -0.1) is 0 Å². The molecule has 1 unspecified atom stereocenters. The molecule has 0 aliphatic carbocycles. The topological polar surface area (TPSA) is 72.4 Å². The van der Waals surface area contributed by atoms with Crippen molar-refractivity contribution in [1.29, 1.82) is 0 Å². The lowest BCUT2D eigenvalue weighted by molar-refractivity contribution is 0.100. The molecule has 1 atom stereocenters. The lowest BCUT2D eigenvalue weighted by atomic mass is 10.0. The predicted octanol–water partition coefficient (Wildman–Crippen LogP) is 0.713. The highest BCUT2D eigenvalue weighted by atomic mass is 16.1. The summed E-state index contributed by atoms with van der Waals surface area (Å²) in [5.41, 5.74) is 12.8. The molecule has 0 bridgehead atoms. The number of nitrogens with two attached hydrogens (primary N) is 2. The highest BCUT2D eigenvalue weighted by Gasteiger charge is 2.20. The van der Waals surface area contributed by atoms with Crippen molar-refractivity contribution >= 4 is 11.6 Å². The van der Waals surface area contributed by atoms with Gasteiger partial charge in [-0.3, -0.25) is 4.79 Å². The van der Waals surface area contributed by atoms with Crippen molar-refractivity contribution < 1.29 is 4.79 Å². The molecule has 1 aliphatic heterocycles. The fourth-order valence-electron chi connectivity index (χ4n) is 2.19. The van der Waals surface area contributed by atoms with Crippen LogP contribution in [0.15, 0.2) is 24.3 Å². The van der Waals surface area contributed by atoms with E-state index in [1.54, 1.807) is 6.07 Å². The van der Waals surface area contributed by atoms with Gasteiger partial charge in [-0.2, -0.15) is 0 Å². The van der Waals surface area contributed by atoms with Gasteiger partial charge in [0.25, 0.3) is 5.91 Å². The summed E-state index contributed by atoms with van der Waals surface area (Å²) >= 11 is 0. The zero-order valence-electron chi connectivity index (χ0n) is 9.23. The van der Waals surface area contributed by atoms with E-state index in [2.05, 4.69) is 4.90 Å². The third-order valence-corrected chi connectivity index (χ3v) is 2.97. The number of nitrogens with zero attached hydrogens (tertiary/aromatic N) is 1. The molecule has 1 aliphatic rings. The number of benzene rings is 1. The van der Waals surface area contributed by atoms with E-state index in [9.17, 15) is 4.79 Å². The summed E-state index contributed by atoms with van der Waals surface area (Å²) in [6, 6.07) is 7.63. The van der Waals surface area contributed by atoms with Gasteiger partial charge >= 0.3 is 0 Å². The quantitative estimate of drug-likeness (QED) is 0.769. The molecular weight excluding hydrogens is 202 g/mol. The first-order chi connectivity index (χ1) is 7.68. The highest BCUT2D eigenvalue weighted by Crippen LogP contribution is 2.23. The monoisotopic (exact) mass is 219 g/mol. The van der Waals surface area contributed by atoms with Crippen molar-refractivity contribution in [3.63, 3.8) is 0 Å². The van der Waals surface area contributed by atoms with Crippen LogP contribution in [0.25, 0.3) is 0 Å². The number of hydrogen-bond donors (Lipinski definition) is 2. The van der Waals surface area contributed by atoms with Crippen molar-refractivity contribution in [2.75, 3.05) is 18.0 Å². The van der Waals surface area contributed by atoms with Crippen LogP contribution < -0.4 is 16.4 Å². The lowest BCUT2D eigenvalue weighted by Crippen LogP contribution is -2.43. The molecule has 1 fully saturated rings. The minimum absolute atomic E-state index is 0.190. The van der Waals surface area contributed by atoms with Gasteiger partial charge in [0.05, 0.1) is 5.56 Å². The van der Waals surface area contributed by atoms with Crippen LogP contribution in [-0.4, -0.2) is 25.0 Å². The number of hydrogen-bond acceptors (Lipinski definition) is 3. The second kappa shape index (κ2) is 4.53. The Morgan fingerprint density at radius 2 is 2.12 bits per heavy atom. The van der Waals surface area contributed by atoms with Crippen LogP contribution in [0, 0.1) is 0 Å². The summed E-state index contributed by atoms with van der Waals surface area (Å²) in [5.74, 6) is -0.380. The predicted molar refractivity (Wildman–Crippen MR) is 64.4 cm³/mol. The fourth-order valence-corrected chi connectivity index (χ4v) is 2.19. The van der Waals surface area contributed by atoms with Crippen LogP contribution >= 0.6 is 0 Å². The zero-order chi connectivity index (χ0) is 11.5. The van der Waals surface area contributed by atoms with E-state index in [0.717, 1.165) is 31.6 Å². The number of para-hydroxylation sites is 1. The molecule has 4 N–H and O–H groups in total. The lowest BCUT2D eigenvalue weighted by Gasteiger charge is -2.33. The van der Waals surface area contributed by atoms with Crippen molar-refractivity contribution in [3.8, 4) is 0 Å². The first-order valence-electron chi connectivity index (χ1n) is 5.58. The van der Waals surface area contributed by atoms with Crippen LogP contribution in [0.2, 0.25) is 0 Å². The van der Waals surface area contributed by atoms with Crippen LogP contribution in [-0.2, 0) is 0 Å². The highest BCUT2D eigenvalue weighted by molar-refractivity contribution is 5.98. The molecule has 0 saturated carbocycles. The number of primary amides is 1. The summed E-state index contributed by atoms with van der Waals surface area (Å²) in [5, 5.41) is 0. The maximum atomic E-state index is 11.3. The largest absolute Gasteiger partial charge is 0.369 e. The summed E-state index contributed by atoms with van der Waals surface area (Å²) < 4.78 is 0. The van der Waals surface area contributed by atoms with E-state index >= 15 is 0 Å². The molecule has 0 radical (unpaired) electrons. The normalized spacial score (nSPS) is 20.8. The van der Waals surface area contributed by atoms with E-state index < -0.39 is 0 Å². The fraction of sp³-hybridized carbons (Fsp3) is 0.417. The maximum absolute atomic E-state index is 11.3. The smallest absolute Gasteiger partial charge is 0.250 e. The summed E-state index contributed by atoms with van der Waals surface area (Å²) in [6.07, 6.45) is 2.11. The molecule has 1 aromatic carbocycles. The van der Waals surface area contributed by atoms with Crippen molar-refractivity contribution in [1.82, 2.24) is 0 Å². The Morgan fingerprint density at radius 1 is 1.38 bits per heavy atom. The van der Waals surface area contributed by atoms with Gasteiger partial charge < -0.3 is 16.4 Å². The van der Waals surface area contributed by atoms with Crippen molar-refractivity contribution in [2.24, 2.45) is 11.5 Å². The average Bonchev–Trinajstić information content (AvgIpc) is 2.29. The number of amides is 1. The van der Waals surface area contributed by atoms with Crippen molar-refractivity contribution in [2.45, 2.75) is 18.9 Å². The Bertz CT molecular complexity index is 392. The van der Waals surface area contributed by atoms with E-state index in [0.29, 0.717) is 5.56 Å². The summed E-state index contributed by atoms with van der Waals surface area (Å²) in [6.45, 7) is 1.74. The second-order valence-electron chi connectivity index (χ2n) is 4.23. The average molecular weight is 219 g/mol. The van der Waals surface area contributed by atoms with E-state index in [-0.39, 0.29) is 11.9 Å². The van der Waals surface area contributed by atoms with E-state index in [1.165, 1.54) is 0 Å². The van der Waals surface area contributed by atoms with Gasteiger partial charge in [0.15, 0.2) is 0 Å². The number of anilines is 1. The minimum Gasteiger partial charge on any atom is -0.369 e. The Labute approximate surface area is 95.2 Å². The molecule has 1 amide bonds. The zero-order valence-corrected chi connectivity index (χ0v) is 9.23. The molecule has 4 nitrogen and oxygen atoms in total. The molecule has 0 aromatic heterocycles. The molecule has 16 heavy (non-hydrogen) atoms. The number of rotatable bonds is 2. The van der Waals surface area contributed by atoms with Crippen molar-refractivity contribution in [3.05, 3.63) is 29.8 Å². The summed E-state index contributed by atoms with van der Waals surface area (Å²) in [4.78, 5) is 13.5. The first-order valence-corrected chi connectivity index (χ1v) is 5.58. The van der Waals surface area contributed by atoms with Gasteiger partial charge in [0, 0.05) is 24.8 Å². The molecule has 2 rings (SSSR count). The van der Waals surface area contributed by atoms with Crippen LogP contribution in [0.4, 0.5) is 5.69 Å². The molecule has 86 valence electrons. The number of carbonyl (C=O) groups excluding carboxylic acids is 1. The Balaban J connectivity index is 2.28. The van der Waals surface area contributed by atoms with Gasteiger partial charge in [0.1, 0.15) is 0 Å². The Morgan fingerprint density at radius 3 is 2.81 bits per heavy atom. The van der Waals surface area contributed by atoms with E-state index in [4.69, 9.17) is 11.5 Å². The molecule has 4 heteroatoms. The Hall–Kier alpha value is -1.55. The van der Waals surface area contributed by atoms with E-state index in [1.807, 2.05) is 18.2 Å². The third-order valence-electron chi connectivity index (χ3n) is 2.97. The van der Waals surface area contributed by atoms with Gasteiger partial charge in [0.2, 0.25) is 0 Å². The van der Waals surface area contributed by atoms with Gasteiger partial charge in [-0.25, -0.2) is 0 Å². The van der Waals surface area contributed by atoms with Gasteiger partial charge in [-0.1, -0.05) is 12.1 Å². The van der Waals surface area contributed by atoms with Crippen LogP contribution in [0.5, 0.6) is 0 Å². The number of piperidine rings is 1. The van der Waals surface area contributed by atoms with Gasteiger partial charge in [-0.05, 0) is 25.0 Å². The molecule has 0 spiro atoms. The third kappa shape index (κ3) is 2.17. The Kier molecular flexibility index (Phi) is 3.10.